The van der Waals surface area contributed by atoms with E-state index in [1.165, 1.54) is 6.92 Å². The molecule has 0 aliphatic rings. The fourth-order valence-electron chi connectivity index (χ4n) is 2.23. The molecule has 0 aliphatic heterocycles. The highest BCUT2D eigenvalue weighted by Gasteiger charge is 2.29. The minimum atomic E-state index is -0.506. The van der Waals surface area contributed by atoms with Crippen molar-refractivity contribution in [3.8, 4) is 0 Å². The SMILES string of the molecule is CCC(CC)N(CCO)c1nc(Cl)nc(C)c1[N+](=O)[O-]. The van der Waals surface area contributed by atoms with Crippen molar-refractivity contribution in [3.05, 3.63) is 21.1 Å². The summed E-state index contributed by atoms with van der Waals surface area (Å²) in [5.41, 5.74) is 0.0636. The van der Waals surface area contributed by atoms with E-state index in [2.05, 4.69) is 9.97 Å². The van der Waals surface area contributed by atoms with Crippen molar-refractivity contribution in [1.82, 2.24) is 9.97 Å². The Hall–Kier alpha value is -1.47. The zero-order valence-electron chi connectivity index (χ0n) is 11.8. The highest BCUT2D eigenvalue weighted by molar-refractivity contribution is 6.28. The number of hydrogen-bond donors (Lipinski definition) is 1. The summed E-state index contributed by atoms with van der Waals surface area (Å²) in [6.07, 6.45) is 1.57. The van der Waals surface area contributed by atoms with Crippen LogP contribution in [0.1, 0.15) is 32.4 Å². The van der Waals surface area contributed by atoms with Crippen LogP contribution in [0, 0.1) is 17.0 Å². The van der Waals surface area contributed by atoms with Gasteiger partial charge in [0.1, 0.15) is 5.69 Å². The molecular weight excluding hydrogens is 284 g/mol. The van der Waals surface area contributed by atoms with Gasteiger partial charge in [-0.15, -0.1) is 0 Å². The van der Waals surface area contributed by atoms with E-state index >= 15 is 0 Å². The highest BCUT2D eigenvalue weighted by Crippen LogP contribution is 2.32. The van der Waals surface area contributed by atoms with Gasteiger partial charge in [0.2, 0.25) is 11.1 Å². The van der Waals surface area contributed by atoms with Gasteiger partial charge in [0.25, 0.3) is 0 Å². The summed E-state index contributed by atoms with van der Waals surface area (Å²) < 4.78 is 0. The van der Waals surface area contributed by atoms with Gasteiger partial charge in [-0.1, -0.05) is 13.8 Å². The zero-order valence-corrected chi connectivity index (χ0v) is 12.6. The molecule has 0 fully saturated rings. The van der Waals surface area contributed by atoms with Gasteiger partial charge in [-0.25, -0.2) is 4.98 Å². The molecule has 1 aromatic heterocycles. The molecule has 0 aliphatic carbocycles. The molecule has 20 heavy (non-hydrogen) atoms. The van der Waals surface area contributed by atoms with Crippen molar-refractivity contribution < 1.29 is 10.0 Å². The lowest BCUT2D eigenvalue weighted by Gasteiger charge is -2.30. The van der Waals surface area contributed by atoms with Gasteiger partial charge in [-0.2, -0.15) is 4.98 Å². The van der Waals surface area contributed by atoms with Gasteiger partial charge < -0.3 is 10.0 Å². The molecule has 1 N–H and O–H groups in total. The molecule has 0 saturated heterocycles. The minimum absolute atomic E-state index is 0.0306. The lowest BCUT2D eigenvalue weighted by molar-refractivity contribution is -0.385. The Morgan fingerprint density at radius 2 is 2.00 bits per heavy atom. The van der Waals surface area contributed by atoms with Crippen molar-refractivity contribution in [2.24, 2.45) is 0 Å². The van der Waals surface area contributed by atoms with Crippen molar-refractivity contribution >= 4 is 23.1 Å². The van der Waals surface area contributed by atoms with E-state index in [-0.39, 0.29) is 41.7 Å². The van der Waals surface area contributed by atoms with Crippen molar-refractivity contribution in [2.45, 2.75) is 39.7 Å². The molecule has 0 unspecified atom stereocenters. The van der Waals surface area contributed by atoms with E-state index in [1.54, 1.807) is 4.90 Å². The van der Waals surface area contributed by atoms with E-state index in [0.717, 1.165) is 12.8 Å². The summed E-state index contributed by atoms with van der Waals surface area (Å²) in [4.78, 5) is 20.3. The summed E-state index contributed by atoms with van der Waals surface area (Å²) in [5, 5.41) is 20.4. The average molecular weight is 303 g/mol. The van der Waals surface area contributed by atoms with E-state index in [4.69, 9.17) is 11.6 Å². The number of halogens is 1. The number of aryl methyl sites for hydroxylation is 1. The van der Waals surface area contributed by atoms with Crippen molar-refractivity contribution in [3.63, 3.8) is 0 Å². The molecule has 1 rings (SSSR count). The Morgan fingerprint density at radius 3 is 2.45 bits per heavy atom. The molecule has 0 amide bonds. The van der Waals surface area contributed by atoms with Crippen LogP contribution in [0.2, 0.25) is 5.28 Å². The maximum absolute atomic E-state index is 11.3. The molecule has 8 heteroatoms. The second kappa shape index (κ2) is 7.35. The molecule has 0 spiro atoms. The second-order valence-electron chi connectivity index (χ2n) is 4.39. The van der Waals surface area contributed by atoms with Gasteiger partial charge in [-0.3, -0.25) is 10.1 Å². The topological polar surface area (TPSA) is 92.4 Å². The number of anilines is 1. The molecule has 0 aromatic carbocycles. The highest BCUT2D eigenvalue weighted by atomic mass is 35.5. The number of rotatable bonds is 7. The first-order chi connectivity index (χ1) is 9.46. The van der Waals surface area contributed by atoms with Gasteiger partial charge in [0, 0.05) is 12.6 Å². The van der Waals surface area contributed by atoms with Crippen LogP contribution in [0.25, 0.3) is 0 Å². The molecule has 0 saturated carbocycles. The Kier molecular flexibility index (Phi) is 6.09. The first kappa shape index (κ1) is 16.6. The smallest absolute Gasteiger partial charge is 0.332 e. The Labute approximate surface area is 122 Å². The summed E-state index contributed by atoms with van der Waals surface area (Å²) >= 11 is 5.83. The third-order valence-corrected chi connectivity index (χ3v) is 3.36. The maximum atomic E-state index is 11.3. The largest absolute Gasteiger partial charge is 0.395 e. The molecule has 0 bridgehead atoms. The monoisotopic (exact) mass is 302 g/mol. The number of aliphatic hydroxyl groups excluding tert-OH is 1. The molecule has 7 nitrogen and oxygen atoms in total. The number of nitro groups is 1. The lowest BCUT2D eigenvalue weighted by atomic mass is 10.1. The predicted octanol–water partition coefficient (Wildman–Crippen LogP) is 2.33. The van der Waals surface area contributed by atoms with Crippen molar-refractivity contribution in [2.75, 3.05) is 18.1 Å². The van der Waals surface area contributed by atoms with Crippen LogP contribution in [-0.4, -0.2) is 39.2 Å². The Morgan fingerprint density at radius 1 is 1.40 bits per heavy atom. The van der Waals surface area contributed by atoms with Crippen LogP contribution in [0.15, 0.2) is 0 Å². The Balaban J connectivity index is 3.41. The van der Waals surface area contributed by atoms with Crippen LogP contribution in [0.5, 0.6) is 0 Å². The summed E-state index contributed by atoms with van der Waals surface area (Å²) in [6, 6.07) is 0.0474. The van der Waals surface area contributed by atoms with Crippen LogP contribution >= 0.6 is 11.6 Å². The third-order valence-electron chi connectivity index (χ3n) is 3.19. The van der Waals surface area contributed by atoms with Crippen LogP contribution in [0.3, 0.4) is 0 Å². The standard InChI is InChI=1S/C12H19ClN4O3/c1-4-9(5-2)16(6-7-18)11-10(17(19)20)8(3)14-12(13)15-11/h9,18H,4-7H2,1-3H3. The number of aliphatic hydroxyl groups is 1. The summed E-state index contributed by atoms with van der Waals surface area (Å²) in [6.45, 7) is 5.65. The molecule has 1 aromatic rings. The van der Waals surface area contributed by atoms with Gasteiger partial charge >= 0.3 is 5.69 Å². The molecule has 112 valence electrons. The van der Waals surface area contributed by atoms with Gasteiger partial charge in [-0.05, 0) is 31.4 Å². The lowest BCUT2D eigenvalue weighted by Crippen LogP contribution is -2.38. The number of nitrogens with zero attached hydrogens (tertiary/aromatic N) is 4. The first-order valence-corrected chi connectivity index (χ1v) is 6.90. The minimum Gasteiger partial charge on any atom is -0.395 e. The molecular formula is C12H19ClN4O3. The number of hydrogen-bond acceptors (Lipinski definition) is 6. The normalized spacial score (nSPS) is 10.9. The fraction of sp³-hybridized carbons (Fsp3) is 0.667. The summed E-state index contributed by atoms with van der Waals surface area (Å²) in [7, 11) is 0. The van der Waals surface area contributed by atoms with E-state index in [1.807, 2.05) is 13.8 Å². The van der Waals surface area contributed by atoms with Crippen molar-refractivity contribution in [1.29, 1.82) is 0 Å². The van der Waals surface area contributed by atoms with Gasteiger partial charge in [0.05, 0.1) is 11.5 Å². The first-order valence-electron chi connectivity index (χ1n) is 6.52. The number of aromatic nitrogens is 2. The second-order valence-corrected chi connectivity index (χ2v) is 4.73. The third kappa shape index (κ3) is 3.55. The molecule has 0 radical (unpaired) electrons. The van der Waals surface area contributed by atoms with Crippen LogP contribution in [0.4, 0.5) is 11.5 Å². The average Bonchev–Trinajstić information content (AvgIpc) is 2.37. The molecule has 1 heterocycles. The quantitative estimate of drug-likeness (QED) is 0.472. The molecule has 0 atom stereocenters. The van der Waals surface area contributed by atoms with Gasteiger partial charge in [0.15, 0.2) is 0 Å². The van der Waals surface area contributed by atoms with Crippen LogP contribution in [-0.2, 0) is 0 Å². The maximum Gasteiger partial charge on any atom is 0.332 e. The van der Waals surface area contributed by atoms with Crippen LogP contribution < -0.4 is 4.90 Å². The van der Waals surface area contributed by atoms with E-state index in [9.17, 15) is 15.2 Å². The zero-order chi connectivity index (χ0) is 15.3. The fourth-order valence-corrected chi connectivity index (χ4v) is 2.44. The Bertz CT molecular complexity index is 480. The van der Waals surface area contributed by atoms with E-state index < -0.39 is 4.92 Å². The predicted molar refractivity (Wildman–Crippen MR) is 77.2 cm³/mol. The summed E-state index contributed by atoms with van der Waals surface area (Å²) in [5.74, 6) is 0.176. The van der Waals surface area contributed by atoms with E-state index in [0.29, 0.717) is 0 Å².